The van der Waals surface area contributed by atoms with E-state index in [0.717, 1.165) is 74.1 Å². The van der Waals surface area contributed by atoms with Crippen molar-refractivity contribution >= 4 is 17.4 Å². The van der Waals surface area contributed by atoms with Crippen LogP contribution in [0.15, 0.2) is 67.1 Å². The molecule has 4 heterocycles. The summed E-state index contributed by atoms with van der Waals surface area (Å²) < 4.78 is 7.17. The first kappa shape index (κ1) is 22.9. The Bertz CT molecular complexity index is 1260. The van der Waals surface area contributed by atoms with Gasteiger partial charge in [-0.25, -0.2) is 4.98 Å². The molecule has 0 spiro atoms. The molecule has 35 heavy (non-hydrogen) atoms. The SMILES string of the molecule is O=C(NCCN1CCOCC1)c1ccc(-c2cnn3c(NCCc4ccccn4)ccnc23)cc1.[HH].[HH]. The van der Waals surface area contributed by atoms with Crippen LogP contribution in [0.1, 0.15) is 18.9 Å². The van der Waals surface area contributed by atoms with E-state index >= 15 is 0 Å². The van der Waals surface area contributed by atoms with E-state index in [4.69, 9.17) is 4.74 Å². The van der Waals surface area contributed by atoms with Crippen molar-refractivity contribution in [1.82, 2.24) is 29.8 Å². The van der Waals surface area contributed by atoms with Crippen molar-refractivity contribution in [2.24, 2.45) is 0 Å². The Morgan fingerprint density at radius 1 is 1.00 bits per heavy atom. The summed E-state index contributed by atoms with van der Waals surface area (Å²) in [4.78, 5) is 23.8. The number of rotatable bonds is 9. The molecule has 0 bridgehead atoms. The maximum Gasteiger partial charge on any atom is 0.251 e. The van der Waals surface area contributed by atoms with Gasteiger partial charge in [-0.2, -0.15) is 9.61 Å². The minimum Gasteiger partial charge on any atom is -0.379 e. The van der Waals surface area contributed by atoms with E-state index in [0.29, 0.717) is 12.1 Å². The number of hydrogen-bond acceptors (Lipinski definition) is 7. The average molecular weight is 476 g/mol. The van der Waals surface area contributed by atoms with Crippen LogP contribution in [0.4, 0.5) is 5.82 Å². The molecule has 0 radical (unpaired) electrons. The van der Waals surface area contributed by atoms with E-state index < -0.39 is 0 Å². The second-order valence-electron chi connectivity index (χ2n) is 8.41. The molecule has 2 N–H and O–H groups in total. The zero-order valence-electron chi connectivity index (χ0n) is 19.6. The molecule has 1 amide bonds. The van der Waals surface area contributed by atoms with Crippen LogP contribution in [0, 0.1) is 0 Å². The lowest BCUT2D eigenvalue weighted by Gasteiger charge is -2.26. The Morgan fingerprint density at radius 2 is 1.86 bits per heavy atom. The summed E-state index contributed by atoms with van der Waals surface area (Å²) in [7, 11) is 0. The number of morpholine rings is 1. The molecular weight excluding hydrogens is 442 g/mol. The molecule has 0 unspecified atom stereocenters. The molecule has 5 rings (SSSR count). The van der Waals surface area contributed by atoms with Crippen molar-refractivity contribution < 1.29 is 12.4 Å². The highest BCUT2D eigenvalue weighted by Crippen LogP contribution is 2.25. The second kappa shape index (κ2) is 11.1. The molecule has 9 heteroatoms. The predicted octanol–water partition coefficient (Wildman–Crippen LogP) is 3.00. The normalized spacial score (nSPS) is 14.2. The fraction of sp³-hybridized carbons (Fsp3) is 0.308. The third-order valence-corrected chi connectivity index (χ3v) is 6.09. The van der Waals surface area contributed by atoms with Gasteiger partial charge in [0.25, 0.3) is 5.91 Å². The third-order valence-electron chi connectivity index (χ3n) is 6.09. The molecule has 1 fully saturated rings. The van der Waals surface area contributed by atoms with Gasteiger partial charge in [0.05, 0.1) is 19.4 Å². The van der Waals surface area contributed by atoms with Gasteiger partial charge >= 0.3 is 0 Å². The highest BCUT2D eigenvalue weighted by Gasteiger charge is 2.13. The number of carbonyl (C=O) groups excluding carboxylic acids is 1. The lowest BCUT2D eigenvalue weighted by Crippen LogP contribution is -2.41. The van der Waals surface area contributed by atoms with Crippen LogP contribution in [0.25, 0.3) is 16.8 Å². The van der Waals surface area contributed by atoms with Crippen LogP contribution in [0.3, 0.4) is 0 Å². The Kier molecular flexibility index (Phi) is 7.26. The summed E-state index contributed by atoms with van der Waals surface area (Å²) in [6.07, 6.45) is 6.21. The second-order valence-corrected chi connectivity index (χ2v) is 8.41. The van der Waals surface area contributed by atoms with Crippen molar-refractivity contribution in [2.75, 3.05) is 51.3 Å². The van der Waals surface area contributed by atoms with Gasteiger partial charge in [-0.15, -0.1) is 0 Å². The number of nitrogens with zero attached hydrogens (tertiary/aromatic N) is 5. The number of carbonyl (C=O) groups is 1. The number of benzene rings is 1. The summed E-state index contributed by atoms with van der Waals surface area (Å²) in [6, 6.07) is 15.4. The Balaban J connectivity index is 0.00000190. The summed E-state index contributed by atoms with van der Waals surface area (Å²) in [5.74, 6) is 0.802. The molecule has 9 nitrogen and oxygen atoms in total. The molecule has 4 aromatic rings. The van der Waals surface area contributed by atoms with Crippen LogP contribution < -0.4 is 10.6 Å². The van der Waals surface area contributed by atoms with Crippen LogP contribution in [0.2, 0.25) is 0 Å². The van der Waals surface area contributed by atoms with Crippen molar-refractivity contribution in [3.05, 3.63) is 78.4 Å². The number of anilines is 1. The van der Waals surface area contributed by atoms with Crippen LogP contribution in [0.5, 0.6) is 0 Å². The van der Waals surface area contributed by atoms with Gasteiger partial charge in [0.2, 0.25) is 0 Å². The number of fused-ring (bicyclic) bond motifs is 1. The van der Waals surface area contributed by atoms with Gasteiger partial charge in [0, 0.05) is 71.2 Å². The van der Waals surface area contributed by atoms with Gasteiger partial charge in [-0.1, -0.05) is 18.2 Å². The topological polar surface area (TPSA) is 96.7 Å². The highest BCUT2D eigenvalue weighted by molar-refractivity contribution is 5.95. The van der Waals surface area contributed by atoms with E-state index in [1.807, 2.05) is 54.7 Å². The first-order chi connectivity index (χ1) is 17.3. The average Bonchev–Trinajstić information content (AvgIpc) is 3.35. The summed E-state index contributed by atoms with van der Waals surface area (Å²) in [5, 5.41) is 11.0. The minimum absolute atomic E-state index is 0. The molecule has 1 aliphatic heterocycles. The molecule has 3 aromatic heterocycles. The Labute approximate surface area is 207 Å². The van der Waals surface area contributed by atoms with Crippen LogP contribution >= 0.6 is 0 Å². The van der Waals surface area contributed by atoms with Gasteiger partial charge in [0.1, 0.15) is 5.82 Å². The Morgan fingerprint density at radius 3 is 2.66 bits per heavy atom. The molecule has 184 valence electrons. The molecule has 1 aromatic carbocycles. The zero-order valence-corrected chi connectivity index (χ0v) is 19.6. The number of ether oxygens (including phenoxy) is 1. The fourth-order valence-corrected chi connectivity index (χ4v) is 4.15. The molecular formula is C26H33N7O2. The van der Waals surface area contributed by atoms with Gasteiger partial charge in [0.15, 0.2) is 5.65 Å². The lowest BCUT2D eigenvalue weighted by molar-refractivity contribution is 0.0383. The minimum atomic E-state index is -0.0674. The van der Waals surface area contributed by atoms with E-state index in [9.17, 15) is 4.79 Å². The smallest absolute Gasteiger partial charge is 0.251 e. The quantitative estimate of drug-likeness (QED) is 0.384. The number of pyridine rings is 1. The first-order valence-corrected chi connectivity index (χ1v) is 11.9. The summed E-state index contributed by atoms with van der Waals surface area (Å²) >= 11 is 0. The fourth-order valence-electron chi connectivity index (χ4n) is 4.15. The highest BCUT2D eigenvalue weighted by atomic mass is 16.5. The Hall–Kier alpha value is -3.82. The predicted molar refractivity (Wildman–Crippen MR) is 139 cm³/mol. The maximum absolute atomic E-state index is 12.5. The molecule has 1 saturated heterocycles. The first-order valence-electron chi connectivity index (χ1n) is 11.9. The van der Waals surface area contributed by atoms with Gasteiger partial charge in [-0.3, -0.25) is 14.7 Å². The third kappa shape index (κ3) is 5.64. The van der Waals surface area contributed by atoms with Crippen LogP contribution in [-0.4, -0.2) is 76.3 Å². The van der Waals surface area contributed by atoms with Crippen molar-refractivity contribution in [3.63, 3.8) is 0 Å². The van der Waals surface area contributed by atoms with E-state index in [2.05, 4.69) is 30.6 Å². The van der Waals surface area contributed by atoms with Gasteiger partial charge < -0.3 is 15.4 Å². The molecule has 0 aliphatic carbocycles. The van der Waals surface area contributed by atoms with Crippen molar-refractivity contribution in [1.29, 1.82) is 0 Å². The van der Waals surface area contributed by atoms with Gasteiger partial charge in [-0.05, 0) is 35.9 Å². The number of amides is 1. The molecule has 0 saturated carbocycles. The number of nitrogens with one attached hydrogen (secondary N) is 2. The standard InChI is InChI=1S/C26H29N7O2.2H2/c34-26(30-13-14-32-15-17-35-18-16-32)21-6-4-20(5-7-21)23-19-31-33-24(9-12-29-25(23)33)28-11-8-22-3-1-2-10-27-22;;/h1-7,9-10,12,19,28H,8,11,13-18H2,(H,30,34);2*1H. The van der Waals surface area contributed by atoms with Crippen molar-refractivity contribution in [2.45, 2.75) is 6.42 Å². The number of aromatic nitrogens is 4. The monoisotopic (exact) mass is 475 g/mol. The van der Waals surface area contributed by atoms with Crippen LogP contribution in [-0.2, 0) is 11.2 Å². The summed E-state index contributed by atoms with van der Waals surface area (Å²) in [6.45, 7) is 5.54. The maximum atomic E-state index is 12.5. The van der Waals surface area contributed by atoms with E-state index in [1.165, 1.54) is 0 Å². The van der Waals surface area contributed by atoms with E-state index in [1.54, 1.807) is 16.9 Å². The zero-order chi connectivity index (χ0) is 23.9. The van der Waals surface area contributed by atoms with Crippen molar-refractivity contribution in [3.8, 4) is 11.1 Å². The lowest BCUT2D eigenvalue weighted by atomic mass is 10.1. The molecule has 0 atom stereocenters. The summed E-state index contributed by atoms with van der Waals surface area (Å²) in [5.41, 5.74) is 4.31. The number of hydrogen-bond donors (Lipinski definition) is 2. The largest absolute Gasteiger partial charge is 0.379 e. The van der Waals surface area contributed by atoms with E-state index in [-0.39, 0.29) is 8.76 Å². The molecule has 1 aliphatic rings.